The first-order valence-corrected chi connectivity index (χ1v) is 10.5. The summed E-state index contributed by atoms with van der Waals surface area (Å²) in [5.74, 6) is 1.08. The first-order chi connectivity index (χ1) is 14.4. The Hall–Kier alpha value is -1.72. The minimum Gasteiger partial charge on any atom is -0.484 e. The molecule has 1 heterocycles. The summed E-state index contributed by atoms with van der Waals surface area (Å²) in [6.45, 7) is 4.04. The van der Waals surface area contributed by atoms with Crippen molar-refractivity contribution in [1.82, 2.24) is 15.5 Å². The van der Waals surface area contributed by atoms with Gasteiger partial charge in [-0.15, -0.1) is 24.0 Å². The SMILES string of the molecule is CCNC(=NCc1ccc(OCC(F)(F)F)cc1)NCCCN1CCCCCC1=O.I. The number of ether oxygens (including phenoxy) is 1. The molecule has 0 radical (unpaired) electrons. The summed E-state index contributed by atoms with van der Waals surface area (Å²) < 4.78 is 41.3. The molecule has 1 fully saturated rings. The van der Waals surface area contributed by atoms with Gasteiger partial charge in [0.15, 0.2) is 12.6 Å². The quantitative estimate of drug-likeness (QED) is 0.208. The number of hydrogen-bond acceptors (Lipinski definition) is 3. The van der Waals surface area contributed by atoms with Crippen molar-refractivity contribution >= 4 is 35.8 Å². The summed E-state index contributed by atoms with van der Waals surface area (Å²) >= 11 is 0. The van der Waals surface area contributed by atoms with Gasteiger partial charge in [-0.05, 0) is 43.9 Å². The second kappa shape index (κ2) is 14.4. The van der Waals surface area contributed by atoms with E-state index in [1.165, 1.54) is 12.1 Å². The lowest BCUT2D eigenvalue weighted by Crippen LogP contribution is -2.39. The van der Waals surface area contributed by atoms with Gasteiger partial charge in [-0.25, -0.2) is 4.99 Å². The van der Waals surface area contributed by atoms with E-state index in [1.54, 1.807) is 12.1 Å². The molecular weight excluding hydrogens is 524 g/mol. The average molecular weight is 556 g/mol. The van der Waals surface area contributed by atoms with Gasteiger partial charge in [0.2, 0.25) is 5.91 Å². The Morgan fingerprint density at radius 3 is 2.58 bits per heavy atom. The number of alkyl halides is 3. The molecule has 176 valence electrons. The number of benzene rings is 1. The number of amides is 1. The maximum Gasteiger partial charge on any atom is 0.422 e. The van der Waals surface area contributed by atoms with Crippen LogP contribution >= 0.6 is 24.0 Å². The first kappa shape index (κ1) is 27.3. The summed E-state index contributed by atoms with van der Waals surface area (Å²) in [5, 5.41) is 6.43. The maximum absolute atomic E-state index is 12.2. The van der Waals surface area contributed by atoms with E-state index < -0.39 is 12.8 Å². The van der Waals surface area contributed by atoms with E-state index in [0.717, 1.165) is 44.3 Å². The standard InChI is InChI=1S/C21H31F3N4O2.HI/c1-2-25-20(26-12-6-14-28-13-5-3-4-7-19(28)29)27-15-17-8-10-18(11-9-17)30-16-21(22,23)24;/h8-11H,2-7,12-16H2,1H3,(H2,25,26,27);1H. The Labute approximate surface area is 199 Å². The number of guanidine groups is 1. The van der Waals surface area contributed by atoms with Crippen molar-refractivity contribution in [3.05, 3.63) is 29.8 Å². The minimum absolute atomic E-state index is 0. The Bertz CT molecular complexity index is 684. The third kappa shape index (κ3) is 11.5. The molecule has 1 aliphatic rings. The summed E-state index contributed by atoms with van der Waals surface area (Å²) in [4.78, 5) is 18.5. The third-order valence-corrected chi connectivity index (χ3v) is 4.66. The second-order valence-corrected chi connectivity index (χ2v) is 7.21. The summed E-state index contributed by atoms with van der Waals surface area (Å²) in [7, 11) is 0. The van der Waals surface area contributed by atoms with Crippen molar-refractivity contribution in [2.75, 3.05) is 32.8 Å². The molecule has 0 aromatic heterocycles. The lowest BCUT2D eigenvalue weighted by molar-refractivity contribution is -0.153. The van der Waals surface area contributed by atoms with Gasteiger partial charge in [0.25, 0.3) is 0 Å². The molecule has 0 unspecified atom stereocenters. The van der Waals surface area contributed by atoms with Crippen LogP contribution in [0.2, 0.25) is 0 Å². The molecule has 6 nitrogen and oxygen atoms in total. The van der Waals surface area contributed by atoms with Crippen molar-refractivity contribution in [2.45, 2.75) is 51.7 Å². The fourth-order valence-corrected chi connectivity index (χ4v) is 3.12. The normalized spacial score (nSPS) is 15.2. The van der Waals surface area contributed by atoms with Crippen molar-refractivity contribution in [1.29, 1.82) is 0 Å². The van der Waals surface area contributed by atoms with Crippen LogP contribution in [-0.4, -0.2) is 55.7 Å². The molecule has 1 amide bonds. The molecule has 1 saturated heterocycles. The van der Waals surface area contributed by atoms with Gasteiger partial charge in [-0.2, -0.15) is 13.2 Å². The van der Waals surface area contributed by atoms with E-state index in [1.807, 2.05) is 11.8 Å². The number of carbonyl (C=O) groups is 1. The molecule has 1 aromatic rings. The van der Waals surface area contributed by atoms with Gasteiger partial charge in [-0.3, -0.25) is 4.79 Å². The predicted molar refractivity (Wildman–Crippen MR) is 126 cm³/mol. The van der Waals surface area contributed by atoms with Gasteiger partial charge in [0.05, 0.1) is 6.54 Å². The van der Waals surface area contributed by atoms with Crippen LogP contribution < -0.4 is 15.4 Å². The topological polar surface area (TPSA) is 66.0 Å². The number of rotatable bonds is 9. The minimum atomic E-state index is -4.35. The zero-order valence-corrected chi connectivity index (χ0v) is 20.2. The van der Waals surface area contributed by atoms with Crippen LogP contribution in [0.5, 0.6) is 5.75 Å². The molecule has 2 N–H and O–H groups in total. The van der Waals surface area contributed by atoms with E-state index in [9.17, 15) is 18.0 Å². The van der Waals surface area contributed by atoms with Crippen LogP contribution in [0.25, 0.3) is 0 Å². The Kier molecular flexibility index (Phi) is 12.7. The van der Waals surface area contributed by atoms with Crippen LogP contribution in [0.15, 0.2) is 29.3 Å². The van der Waals surface area contributed by atoms with Gasteiger partial charge < -0.3 is 20.3 Å². The van der Waals surface area contributed by atoms with Crippen LogP contribution in [0.1, 0.15) is 44.6 Å². The van der Waals surface area contributed by atoms with Crippen LogP contribution in [0.3, 0.4) is 0 Å². The van der Waals surface area contributed by atoms with E-state index >= 15 is 0 Å². The largest absolute Gasteiger partial charge is 0.484 e. The average Bonchev–Trinajstić information content (AvgIpc) is 2.92. The zero-order chi connectivity index (χ0) is 21.8. The Morgan fingerprint density at radius 1 is 1.16 bits per heavy atom. The number of nitrogens with one attached hydrogen (secondary N) is 2. The zero-order valence-electron chi connectivity index (χ0n) is 17.8. The van der Waals surface area contributed by atoms with E-state index in [0.29, 0.717) is 32.0 Å². The van der Waals surface area contributed by atoms with E-state index in [4.69, 9.17) is 4.74 Å². The third-order valence-electron chi connectivity index (χ3n) is 4.66. The highest BCUT2D eigenvalue weighted by Crippen LogP contribution is 2.19. The summed E-state index contributed by atoms with van der Waals surface area (Å²) in [6, 6.07) is 6.41. The van der Waals surface area contributed by atoms with Crippen LogP contribution in [-0.2, 0) is 11.3 Å². The smallest absolute Gasteiger partial charge is 0.422 e. The predicted octanol–water partition coefficient (Wildman–Crippen LogP) is 4.09. The molecule has 2 rings (SSSR count). The van der Waals surface area contributed by atoms with Gasteiger partial charge >= 0.3 is 6.18 Å². The molecule has 0 saturated carbocycles. The molecule has 0 bridgehead atoms. The highest BCUT2D eigenvalue weighted by Gasteiger charge is 2.28. The molecule has 0 atom stereocenters. The molecule has 0 spiro atoms. The summed E-state index contributed by atoms with van der Waals surface area (Å²) in [5.41, 5.74) is 0.863. The van der Waals surface area contributed by atoms with Crippen molar-refractivity contribution < 1.29 is 22.7 Å². The molecule has 1 aliphatic heterocycles. The van der Waals surface area contributed by atoms with E-state index in [2.05, 4.69) is 15.6 Å². The number of likely N-dealkylation sites (tertiary alicyclic amines) is 1. The van der Waals surface area contributed by atoms with Crippen molar-refractivity contribution in [3.63, 3.8) is 0 Å². The summed E-state index contributed by atoms with van der Waals surface area (Å²) in [6.07, 6.45) is 0.311. The molecule has 0 aliphatic carbocycles. The number of hydrogen-bond donors (Lipinski definition) is 2. The van der Waals surface area contributed by atoms with Crippen LogP contribution in [0, 0.1) is 0 Å². The second-order valence-electron chi connectivity index (χ2n) is 7.21. The van der Waals surface area contributed by atoms with Crippen molar-refractivity contribution in [2.24, 2.45) is 4.99 Å². The van der Waals surface area contributed by atoms with Gasteiger partial charge in [-0.1, -0.05) is 18.6 Å². The van der Waals surface area contributed by atoms with Gasteiger partial charge in [0.1, 0.15) is 5.75 Å². The fourth-order valence-electron chi connectivity index (χ4n) is 3.12. The highest BCUT2D eigenvalue weighted by molar-refractivity contribution is 14.0. The lowest BCUT2D eigenvalue weighted by atomic mass is 10.2. The maximum atomic E-state index is 12.2. The number of aliphatic imine (C=N–C) groups is 1. The van der Waals surface area contributed by atoms with Crippen LogP contribution in [0.4, 0.5) is 13.2 Å². The lowest BCUT2D eigenvalue weighted by Gasteiger charge is -2.20. The number of halogens is 4. The molecule has 1 aromatic carbocycles. The fraction of sp³-hybridized carbons (Fsp3) is 0.619. The molecular formula is C21H32F3IN4O2. The molecule has 10 heteroatoms. The first-order valence-electron chi connectivity index (χ1n) is 10.5. The Morgan fingerprint density at radius 2 is 1.90 bits per heavy atom. The monoisotopic (exact) mass is 556 g/mol. The number of nitrogens with zero attached hydrogens (tertiary/aromatic N) is 2. The van der Waals surface area contributed by atoms with Gasteiger partial charge in [0, 0.05) is 32.6 Å². The van der Waals surface area contributed by atoms with Crippen molar-refractivity contribution in [3.8, 4) is 5.75 Å². The molecule has 31 heavy (non-hydrogen) atoms. The Balaban J connectivity index is 0.00000480. The highest BCUT2D eigenvalue weighted by atomic mass is 127. The van der Waals surface area contributed by atoms with E-state index in [-0.39, 0.29) is 35.6 Å². The number of carbonyl (C=O) groups excluding carboxylic acids is 1.